The van der Waals surface area contributed by atoms with Crippen molar-refractivity contribution in [2.24, 2.45) is 5.41 Å². The normalized spacial score (nSPS) is 15.2. The maximum atomic E-state index is 14.1. The Hall–Kier alpha value is -7.29. The molecule has 0 radical (unpaired) electrons. The van der Waals surface area contributed by atoms with Gasteiger partial charge in [-0.05, 0) is 94.0 Å². The summed E-state index contributed by atoms with van der Waals surface area (Å²) in [6.45, 7) is 10.9. The van der Waals surface area contributed by atoms with Crippen LogP contribution < -0.4 is 20.1 Å². The molecule has 73 heavy (non-hydrogen) atoms. The second-order valence-electron chi connectivity index (χ2n) is 19.3. The third-order valence-corrected chi connectivity index (χ3v) is 13.8. The van der Waals surface area contributed by atoms with Gasteiger partial charge in [0.25, 0.3) is 0 Å². The van der Waals surface area contributed by atoms with Crippen molar-refractivity contribution in [3.05, 3.63) is 172 Å². The number of β-amino-alcohol motifs (C(OH)–C–C–N with tert-alkyl or cyclic N) is 1. The van der Waals surface area contributed by atoms with Gasteiger partial charge in [-0.25, -0.2) is 9.78 Å². The van der Waals surface area contributed by atoms with E-state index in [0.29, 0.717) is 24.5 Å². The fourth-order valence-electron chi connectivity index (χ4n) is 8.77. The Morgan fingerprint density at radius 3 is 2.03 bits per heavy atom. The molecule has 0 spiro atoms. The summed E-state index contributed by atoms with van der Waals surface area (Å²) in [7, 11) is 1.67. The minimum Gasteiger partial charge on any atom is -0.494 e. The number of rotatable bonds is 21. The van der Waals surface area contributed by atoms with Gasteiger partial charge in [-0.3, -0.25) is 14.4 Å². The summed E-state index contributed by atoms with van der Waals surface area (Å²) in [4.78, 5) is 61.9. The molecule has 1 aliphatic heterocycles. The number of nitrogens with one attached hydrogen (secondary N) is 2. The molecule has 14 heteroatoms. The van der Waals surface area contributed by atoms with E-state index in [1.165, 1.54) is 26.5 Å². The van der Waals surface area contributed by atoms with E-state index in [9.17, 15) is 24.3 Å². The zero-order valence-electron chi connectivity index (χ0n) is 42.6. The van der Waals surface area contributed by atoms with E-state index >= 15 is 0 Å². The molecule has 382 valence electrons. The van der Waals surface area contributed by atoms with Gasteiger partial charge >= 0.3 is 6.09 Å². The monoisotopic (exact) mass is 1010 g/mol. The van der Waals surface area contributed by atoms with Crippen LogP contribution in [0.1, 0.15) is 86.9 Å². The van der Waals surface area contributed by atoms with E-state index in [1.807, 2.05) is 93.9 Å². The second kappa shape index (κ2) is 25.4. The summed E-state index contributed by atoms with van der Waals surface area (Å²) >= 11 is 1.57. The molecule has 0 aliphatic carbocycles. The van der Waals surface area contributed by atoms with Crippen LogP contribution in [0.2, 0.25) is 0 Å². The highest BCUT2D eigenvalue weighted by Crippen LogP contribution is 2.35. The van der Waals surface area contributed by atoms with E-state index in [4.69, 9.17) is 14.2 Å². The highest BCUT2D eigenvalue weighted by Gasteiger charge is 2.44. The molecule has 7 rings (SSSR count). The lowest BCUT2D eigenvalue weighted by Crippen LogP contribution is -2.57. The molecule has 6 aromatic rings. The topological polar surface area (TPSA) is 160 Å². The zero-order chi connectivity index (χ0) is 51.9. The largest absolute Gasteiger partial charge is 0.494 e. The molecular formula is C59H67N5O8S. The number of aliphatic hydroxyl groups is 1. The van der Waals surface area contributed by atoms with Crippen LogP contribution in [0.25, 0.3) is 21.6 Å². The van der Waals surface area contributed by atoms with E-state index in [2.05, 4.69) is 83.2 Å². The number of carbonyl (C=O) groups is 4. The lowest BCUT2D eigenvalue weighted by Gasteiger charge is -2.35. The van der Waals surface area contributed by atoms with Crippen LogP contribution in [0.3, 0.4) is 0 Å². The third kappa shape index (κ3) is 14.7. The number of aliphatic hydroxyl groups excluding tert-OH is 1. The number of hydrogen-bond acceptors (Lipinski definition) is 10. The lowest BCUT2D eigenvalue weighted by atomic mass is 9.85. The van der Waals surface area contributed by atoms with Crippen LogP contribution in [0.5, 0.6) is 11.5 Å². The number of allylic oxidation sites excluding steroid dienone is 1. The SMILES string of the molecule is CC/C(=C(\c1ccccc1)c1ccc(OCCN(C)C(=O)OCc2ccc(OCCCC(=O)N[C@H](C(=O)N3C[C@H](O)C[C@H]3C(=O)NCc3ccc(-c4scnc4C)cc3)C(C)(C)C)cc2)cc1)c1ccccc1. The Balaban J connectivity index is 0.811. The fraction of sp³-hybridized carbons (Fsp3) is 0.339. The van der Waals surface area contributed by atoms with E-state index in [1.54, 1.807) is 30.5 Å². The van der Waals surface area contributed by atoms with Crippen LogP contribution in [0.4, 0.5) is 4.79 Å². The van der Waals surface area contributed by atoms with Gasteiger partial charge in [-0.15, -0.1) is 11.3 Å². The number of amides is 4. The first kappa shape index (κ1) is 53.5. The Kier molecular flexibility index (Phi) is 18.6. The number of ether oxygens (including phenoxy) is 3. The van der Waals surface area contributed by atoms with Crippen molar-refractivity contribution >= 4 is 46.3 Å². The molecule has 2 heterocycles. The molecule has 3 atom stereocenters. The summed E-state index contributed by atoms with van der Waals surface area (Å²) in [6, 6.07) is 42.2. The summed E-state index contributed by atoms with van der Waals surface area (Å²) in [6.07, 6.45) is 0.126. The first-order chi connectivity index (χ1) is 35.2. The predicted octanol–water partition coefficient (Wildman–Crippen LogP) is 10.1. The van der Waals surface area contributed by atoms with E-state index in [-0.39, 0.29) is 57.6 Å². The average Bonchev–Trinajstić information content (AvgIpc) is 4.02. The summed E-state index contributed by atoms with van der Waals surface area (Å²) in [5, 5.41) is 16.4. The van der Waals surface area contributed by atoms with E-state index in [0.717, 1.165) is 44.8 Å². The van der Waals surface area contributed by atoms with Crippen molar-refractivity contribution in [3.8, 4) is 21.9 Å². The number of thiazole rings is 1. The summed E-state index contributed by atoms with van der Waals surface area (Å²) < 4.78 is 17.5. The van der Waals surface area contributed by atoms with Crippen molar-refractivity contribution in [1.29, 1.82) is 0 Å². The number of carbonyl (C=O) groups excluding carboxylic acids is 4. The van der Waals surface area contributed by atoms with Crippen molar-refractivity contribution in [1.82, 2.24) is 25.4 Å². The standard InChI is InChI=1S/C59H67N5O8S/c1-7-50(43-15-10-8-11-16-43)53(44-17-12-9-13-18-44)45-26-30-49(31-27-45)71-34-32-63(6)58(69)72-38-42-22-28-48(29-23-42)70-33-14-19-52(66)62-55(59(3,4)5)57(68)64-37-47(65)35-51(64)56(67)60-36-41-20-24-46(25-21-41)54-40(2)61-39-73-54/h8-13,15-18,20-31,39,47,51,55,65H,7,14,19,32-38H2,1-6H3,(H,60,67)(H,62,66)/b53-50-/t47-,51+,55-/m1/s1. The number of hydrogen-bond donors (Lipinski definition) is 3. The van der Waals surface area contributed by atoms with Gasteiger partial charge in [-0.1, -0.05) is 137 Å². The number of aromatic nitrogens is 1. The first-order valence-electron chi connectivity index (χ1n) is 24.9. The number of likely N-dealkylation sites (N-methyl/N-ethyl adjacent to an activating group) is 1. The lowest BCUT2D eigenvalue weighted by molar-refractivity contribution is -0.144. The minimum absolute atomic E-state index is 0.00781. The number of aryl methyl sites for hydroxylation is 1. The van der Waals surface area contributed by atoms with Gasteiger partial charge in [0.05, 0.1) is 35.3 Å². The Labute approximate surface area is 433 Å². The van der Waals surface area contributed by atoms with Crippen LogP contribution in [0, 0.1) is 12.3 Å². The van der Waals surface area contributed by atoms with Crippen molar-refractivity contribution in [2.75, 3.05) is 33.4 Å². The fourth-order valence-corrected chi connectivity index (χ4v) is 9.58. The highest BCUT2D eigenvalue weighted by molar-refractivity contribution is 7.13. The molecule has 1 aromatic heterocycles. The quantitative estimate of drug-likeness (QED) is 0.0471. The number of benzene rings is 5. The molecule has 0 saturated carbocycles. The van der Waals surface area contributed by atoms with Gasteiger partial charge in [0.1, 0.15) is 36.8 Å². The predicted molar refractivity (Wildman–Crippen MR) is 287 cm³/mol. The number of nitrogens with zero attached hydrogens (tertiary/aromatic N) is 3. The Morgan fingerprint density at radius 1 is 0.808 bits per heavy atom. The van der Waals surface area contributed by atoms with Gasteiger partial charge in [0.2, 0.25) is 17.7 Å². The molecule has 3 N–H and O–H groups in total. The second-order valence-corrected chi connectivity index (χ2v) is 20.2. The van der Waals surface area contributed by atoms with E-state index < -0.39 is 35.6 Å². The van der Waals surface area contributed by atoms with Crippen molar-refractivity contribution in [3.63, 3.8) is 0 Å². The molecular weight excluding hydrogens is 939 g/mol. The molecule has 1 aliphatic rings. The third-order valence-electron chi connectivity index (χ3n) is 12.8. The van der Waals surface area contributed by atoms with Crippen molar-refractivity contribution in [2.45, 2.75) is 91.6 Å². The molecule has 5 aromatic carbocycles. The minimum atomic E-state index is -0.931. The molecule has 1 saturated heterocycles. The Morgan fingerprint density at radius 2 is 1.41 bits per heavy atom. The van der Waals surface area contributed by atoms with Crippen LogP contribution in [-0.2, 0) is 32.3 Å². The van der Waals surface area contributed by atoms with Gasteiger partial charge in [0, 0.05) is 33.0 Å². The summed E-state index contributed by atoms with van der Waals surface area (Å²) in [5.74, 6) is 0.190. The van der Waals surface area contributed by atoms with Crippen LogP contribution >= 0.6 is 11.3 Å². The van der Waals surface area contributed by atoms with Crippen LogP contribution in [0.15, 0.2) is 139 Å². The molecule has 0 unspecified atom stereocenters. The van der Waals surface area contributed by atoms with Crippen molar-refractivity contribution < 1.29 is 38.5 Å². The highest BCUT2D eigenvalue weighted by atomic mass is 32.1. The number of likely N-dealkylation sites (tertiary alicyclic amines) is 1. The van der Waals surface area contributed by atoms with Gasteiger partial charge in [-0.2, -0.15) is 0 Å². The molecule has 13 nitrogen and oxygen atoms in total. The maximum Gasteiger partial charge on any atom is 0.409 e. The molecule has 4 amide bonds. The first-order valence-corrected chi connectivity index (χ1v) is 25.8. The molecule has 0 bridgehead atoms. The van der Waals surface area contributed by atoms with Gasteiger partial charge in [0.15, 0.2) is 0 Å². The average molecular weight is 1010 g/mol. The Bertz CT molecular complexity index is 2790. The molecule has 1 fully saturated rings. The zero-order valence-corrected chi connectivity index (χ0v) is 43.5. The smallest absolute Gasteiger partial charge is 0.409 e. The van der Waals surface area contributed by atoms with Gasteiger partial charge < -0.3 is 39.8 Å². The van der Waals surface area contributed by atoms with Crippen LogP contribution in [-0.4, -0.2) is 95.2 Å². The maximum absolute atomic E-state index is 14.1. The summed E-state index contributed by atoms with van der Waals surface area (Å²) in [5.41, 5.74) is 10.7.